The van der Waals surface area contributed by atoms with Gasteiger partial charge in [-0.2, -0.15) is 5.10 Å². The third kappa shape index (κ3) is 4.37. The highest BCUT2D eigenvalue weighted by Crippen LogP contribution is 2.24. The minimum absolute atomic E-state index is 0.240. The van der Waals surface area contributed by atoms with E-state index >= 15 is 0 Å². The summed E-state index contributed by atoms with van der Waals surface area (Å²) in [4.78, 5) is 26.3. The number of hydrogen-bond donors (Lipinski definition) is 1. The molecule has 0 aliphatic carbocycles. The first kappa shape index (κ1) is 22.6. The van der Waals surface area contributed by atoms with E-state index in [2.05, 4.69) is 17.3 Å². The van der Waals surface area contributed by atoms with E-state index in [1.807, 2.05) is 55.5 Å². The summed E-state index contributed by atoms with van der Waals surface area (Å²) in [6, 6.07) is 10.6. The molecule has 0 unspecified atom stereocenters. The van der Waals surface area contributed by atoms with Crippen molar-refractivity contribution in [1.29, 1.82) is 0 Å². The molecule has 1 amide bonds. The number of nitrogens with one attached hydrogen (secondary N) is 1. The van der Waals surface area contributed by atoms with Crippen LogP contribution in [-0.2, 0) is 17.8 Å². The fraction of sp³-hybridized carbons (Fsp3) is 0.400. The normalized spacial score (nSPS) is 12.4. The Morgan fingerprint density at radius 3 is 2.58 bits per heavy atom. The van der Waals surface area contributed by atoms with E-state index in [-0.39, 0.29) is 11.5 Å². The Balaban J connectivity index is 1.58. The molecular formula is C25H30N4O4. The van der Waals surface area contributed by atoms with Gasteiger partial charge in [-0.05, 0) is 37.5 Å². The molecule has 0 saturated heterocycles. The average Bonchev–Trinajstić information content (AvgIpc) is 3.35. The summed E-state index contributed by atoms with van der Waals surface area (Å²) in [5, 5.41) is 7.53. The molecule has 0 radical (unpaired) electrons. The molecule has 33 heavy (non-hydrogen) atoms. The van der Waals surface area contributed by atoms with Gasteiger partial charge in [0, 0.05) is 25.1 Å². The summed E-state index contributed by atoms with van der Waals surface area (Å²) in [5.41, 5.74) is 2.57. The minimum atomic E-state index is -0.706. The van der Waals surface area contributed by atoms with Gasteiger partial charge in [0.1, 0.15) is 28.9 Å². The molecule has 0 bridgehead atoms. The van der Waals surface area contributed by atoms with E-state index in [0.717, 1.165) is 29.0 Å². The van der Waals surface area contributed by atoms with E-state index in [1.54, 1.807) is 6.07 Å². The van der Waals surface area contributed by atoms with E-state index in [9.17, 15) is 9.59 Å². The van der Waals surface area contributed by atoms with Crippen molar-refractivity contribution < 1.29 is 13.9 Å². The van der Waals surface area contributed by atoms with Crippen LogP contribution in [0, 0.1) is 6.92 Å². The van der Waals surface area contributed by atoms with Crippen LogP contribution in [0.3, 0.4) is 0 Å². The van der Waals surface area contributed by atoms with Gasteiger partial charge in [0.2, 0.25) is 5.91 Å². The quantitative estimate of drug-likeness (QED) is 0.413. The van der Waals surface area contributed by atoms with E-state index in [4.69, 9.17) is 9.15 Å². The maximum atomic E-state index is 13.3. The van der Waals surface area contributed by atoms with Gasteiger partial charge in [-0.25, -0.2) is 4.68 Å². The van der Waals surface area contributed by atoms with Crippen LogP contribution in [0.1, 0.15) is 56.8 Å². The molecule has 174 valence electrons. The zero-order chi connectivity index (χ0) is 23.5. The molecule has 1 N–H and O–H groups in total. The fourth-order valence-corrected chi connectivity index (χ4v) is 4.02. The third-order valence-corrected chi connectivity index (χ3v) is 5.69. The van der Waals surface area contributed by atoms with Crippen LogP contribution in [-0.4, -0.2) is 26.7 Å². The number of amides is 1. The first-order chi connectivity index (χ1) is 16.0. The van der Waals surface area contributed by atoms with Crippen molar-refractivity contribution in [3.8, 4) is 5.75 Å². The lowest BCUT2D eigenvalue weighted by Crippen LogP contribution is -2.39. The molecule has 1 aromatic carbocycles. The number of nitrogens with zero attached hydrogens (tertiary/aromatic N) is 3. The van der Waals surface area contributed by atoms with Crippen molar-refractivity contribution in [3.05, 3.63) is 63.9 Å². The van der Waals surface area contributed by atoms with Crippen molar-refractivity contribution in [3.63, 3.8) is 0 Å². The summed E-state index contributed by atoms with van der Waals surface area (Å²) >= 11 is 0. The van der Waals surface area contributed by atoms with Gasteiger partial charge >= 0.3 is 0 Å². The number of aryl methyl sites for hydroxylation is 2. The summed E-state index contributed by atoms with van der Waals surface area (Å²) in [6.07, 6.45) is 2.00. The van der Waals surface area contributed by atoms with Crippen molar-refractivity contribution in [2.45, 2.75) is 59.5 Å². The van der Waals surface area contributed by atoms with Crippen molar-refractivity contribution >= 4 is 22.5 Å². The maximum absolute atomic E-state index is 13.3. The number of ether oxygens (including phenoxy) is 1. The number of rotatable bonds is 9. The standard InChI is InChI=1S/C25H30N4O4/c1-5-12-32-18-10-8-17(9-11-18)15-26-24(30)19(6-2)29-25(31)21-14-22-20(13-16(4)33-22)28(21)23(7-3)27-29/h8-11,13-14,19H,5-7,12,15H2,1-4H3,(H,26,30)/t19-/m1/s1. The zero-order valence-corrected chi connectivity index (χ0v) is 19.6. The Bertz CT molecular complexity index is 1330. The summed E-state index contributed by atoms with van der Waals surface area (Å²) in [5.74, 6) is 2.05. The minimum Gasteiger partial charge on any atom is -0.494 e. The average molecular weight is 451 g/mol. The molecule has 4 rings (SSSR count). The zero-order valence-electron chi connectivity index (χ0n) is 19.6. The summed E-state index contributed by atoms with van der Waals surface area (Å²) in [7, 11) is 0. The lowest BCUT2D eigenvalue weighted by molar-refractivity contribution is -0.125. The van der Waals surface area contributed by atoms with Crippen LogP contribution in [0.4, 0.5) is 0 Å². The number of benzene rings is 1. The first-order valence-electron chi connectivity index (χ1n) is 11.5. The summed E-state index contributed by atoms with van der Waals surface area (Å²) in [6.45, 7) is 8.82. The van der Waals surface area contributed by atoms with Crippen molar-refractivity contribution in [2.75, 3.05) is 6.61 Å². The van der Waals surface area contributed by atoms with Crippen LogP contribution in [0.5, 0.6) is 5.75 Å². The molecule has 3 aromatic heterocycles. The monoisotopic (exact) mass is 450 g/mol. The van der Waals surface area contributed by atoms with Gasteiger partial charge in [0.15, 0.2) is 5.58 Å². The second kappa shape index (κ2) is 9.52. The Labute approximate surface area is 192 Å². The molecule has 8 nitrogen and oxygen atoms in total. The van der Waals surface area contributed by atoms with E-state index < -0.39 is 6.04 Å². The number of carbonyl (C=O) groups excluding carboxylic acids is 1. The Hall–Kier alpha value is -3.55. The predicted octanol–water partition coefficient (Wildman–Crippen LogP) is 4.17. The number of hydrogen-bond acceptors (Lipinski definition) is 5. The van der Waals surface area contributed by atoms with Crippen molar-refractivity contribution in [2.24, 2.45) is 0 Å². The van der Waals surface area contributed by atoms with Gasteiger partial charge in [0.05, 0.1) is 12.1 Å². The van der Waals surface area contributed by atoms with Gasteiger partial charge < -0.3 is 14.5 Å². The summed E-state index contributed by atoms with van der Waals surface area (Å²) < 4.78 is 14.5. The molecule has 0 aliphatic rings. The third-order valence-electron chi connectivity index (χ3n) is 5.69. The second-order valence-corrected chi connectivity index (χ2v) is 8.13. The van der Waals surface area contributed by atoms with Crippen LogP contribution >= 0.6 is 0 Å². The van der Waals surface area contributed by atoms with Gasteiger partial charge in [-0.15, -0.1) is 0 Å². The van der Waals surface area contributed by atoms with Crippen LogP contribution in [0.25, 0.3) is 16.6 Å². The lowest BCUT2D eigenvalue weighted by Gasteiger charge is -2.18. The van der Waals surface area contributed by atoms with Gasteiger partial charge in [-0.3, -0.25) is 14.0 Å². The second-order valence-electron chi connectivity index (χ2n) is 8.13. The topological polar surface area (TPSA) is 90.8 Å². The molecule has 4 aromatic rings. The Morgan fingerprint density at radius 1 is 1.15 bits per heavy atom. The number of aromatic nitrogens is 3. The Morgan fingerprint density at radius 2 is 1.91 bits per heavy atom. The fourth-order valence-electron chi connectivity index (χ4n) is 4.02. The molecule has 1 atom stereocenters. The highest BCUT2D eigenvalue weighted by molar-refractivity contribution is 5.84. The van der Waals surface area contributed by atoms with E-state index in [1.165, 1.54) is 4.68 Å². The molecular weight excluding hydrogens is 420 g/mol. The molecule has 0 spiro atoms. The van der Waals surface area contributed by atoms with E-state index in [0.29, 0.717) is 42.9 Å². The molecule has 0 fully saturated rings. The molecule has 3 heterocycles. The first-order valence-corrected chi connectivity index (χ1v) is 11.5. The highest BCUT2D eigenvalue weighted by Gasteiger charge is 2.24. The Kier molecular flexibility index (Phi) is 6.53. The van der Waals surface area contributed by atoms with Gasteiger partial charge in [-0.1, -0.05) is 32.9 Å². The van der Waals surface area contributed by atoms with Crippen LogP contribution in [0.15, 0.2) is 45.6 Å². The highest BCUT2D eigenvalue weighted by atomic mass is 16.5. The number of furan rings is 1. The lowest BCUT2D eigenvalue weighted by atomic mass is 10.2. The maximum Gasteiger partial charge on any atom is 0.291 e. The number of carbonyl (C=O) groups is 1. The van der Waals surface area contributed by atoms with Crippen LogP contribution < -0.4 is 15.6 Å². The van der Waals surface area contributed by atoms with Crippen molar-refractivity contribution in [1.82, 2.24) is 19.5 Å². The van der Waals surface area contributed by atoms with Crippen LogP contribution in [0.2, 0.25) is 0 Å². The SMILES string of the molecule is CCCOc1ccc(CNC(=O)[C@@H](CC)n2nc(CC)n3c(cc4oc(C)cc43)c2=O)cc1. The van der Waals surface area contributed by atoms with Gasteiger partial charge in [0.25, 0.3) is 5.56 Å². The number of fused-ring (bicyclic) bond motifs is 3. The molecule has 0 aliphatic heterocycles. The largest absolute Gasteiger partial charge is 0.494 e. The predicted molar refractivity (Wildman–Crippen MR) is 127 cm³/mol. The molecule has 0 saturated carbocycles. The smallest absolute Gasteiger partial charge is 0.291 e. The molecule has 8 heteroatoms.